The van der Waals surface area contributed by atoms with Crippen LogP contribution in [0.25, 0.3) is 0 Å². The summed E-state index contributed by atoms with van der Waals surface area (Å²) < 4.78 is 0. The number of aliphatic hydroxyl groups is 4. The molecule has 0 spiro atoms. The van der Waals surface area contributed by atoms with Gasteiger partial charge in [0, 0.05) is 31.3 Å². The molecule has 0 aliphatic heterocycles. The summed E-state index contributed by atoms with van der Waals surface area (Å²) in [5, 5.41) is 80.5. The number of hydrogen-bond acceptors (Lipinski definition) is 18. The third kappa shape index (κ3) is 25.6. The summed E-state index contributed by atoms with van der Waals surface area (Å²) in [5.74, 6) is -13.5. The number of H-pyrrole nitrogens is 1. The van der Waals surface area contributed by atoms with Crippen molar-refractivity contribution in [2.75, 3.05) is 26.4 Å². The molecule has 0 unspecified atom stereocenters. The molecular weight excluding hydrogens is 1050 g/mol. The van der Waals surface area contributed by atoms with Crippen LogP contribution in [0.15, 0.2) is 17.5 Å². The van der Waals surface area contributed by atoms with E-state index in [1.54, 1.807) is 41.5 Å². The van der Waals surface area contributed by atoms with Gasteiger partial charge in [-0.2, -0.15) is 0 Å². The van der Waals surface area contributed by atoms with Crippen molar-refractivity contribution in [3.63, 3.8) is 0 Å². The Bertz CT molecular complexity index is 2230. The first-order valence-electron chi connectivity index (χ1n) is 25.4. The van der Waals surface area contributed by atoms with Gasteiger partial charge in [0.1, 0.15) is 60.4 Å². The van der Waals surface area contributed by atoms with Crippen LogP contribution in [0.5, 0.6) is 0 Å². The number of aromatic amines is 1. The maximum absolute atomic E-state index is 14.1. The van der Waals surface area contributed by atoms with Gasteiger partial charge in [0.2, 0.25) is 53.2 Å². The van der Waals surface area contributed by atoms with Crippen LogP contribution in [0.4, 0.5) is 0 Å². The van der Waals surface area contributed by atoms with E-state index in [4.69, 9.17) is 17.2 Å². The molecule has 1 aromatic heterocycles. The third-order valence-corrected chi connectivity index (χ3v) is 11.6. The molecule has 9 amide bonds. The topological polar surface area (TPSA) is 537 Å². The Labute approximate surface area is 455 Å². The Balaban J connectivity index is 3.49. The zero-order valence-corrected chi connectivity index (χ0v) is 45.3. The average Bonchev–Trinajstić information content (AvgIpc) is 3.88. The van der Waals surface area contributed by atoms with Crippen molar-refractivity contribution >= 4 is 71.1 Å². The van der Waals surface area contributed by atoms with E-state index in [1.807, 2.05) is 0 Å². The van der Waals surface area contributed by atoms with Crippen LogP contribution in [0, 0.1) is 17.8 Å². The van der Waals surface area contributed by atoms with Gasteiger partial charge in [0.15, 0.2) is 5.96 Å². The van der Waals surface area contributed by atoms with Gasteiger partial charge in [0.25, 0.3) is 0 Å². The summed E-state index contributed by atoms with van der Waals surface area (Å²) >= 11 is 0. The number of carbonyl (C=O) groups excluding carboxylic acids is 9. The zero-order valence-electron chi connectivity index (χ0n) is 45.3. The molecule has 0 aliphatic carbocycles. The van der Waals surface area contributed by atoms with E-state index in [2.05, 4.69) is 62.8 Å². The lowest BCUT2D eigenvalue weighted by Gasteiger charge is -2.29. The minimum Gasteiger partial charge on any atom is -0.481 e. The van der Waals surface area contributed by atoms with E-state index in [0.29, 0.717) is 0 Å². The molecule has 0 saturated carbocycles. The highest BCUT2D eigenvalue weighted by atomic mass is 16.4. The molecular formula is C47H81N15O17. The number of nitrogens with one attached hydrogen (secondary N) is 10. The minimum atomic E-state index is -1.91. The lowest BCUT2D eigenvalue weighted by Crippen LogP contribution is -2.62. The Kier molecular flexibility index (Phi) is 30.8. The summed E-state index contributed by atoms with van der Waals surface area (Å²) in [7, 11) is 0. The van der Waals surface area contributed by atoms with Gasteiger partial charge in [0.05, 0.1) is 32.3 Å². The number of nitrogens with two attached hydrogens (primary N) is 3. The average molecular weight is 1130 g/mol. The number of carbonyl (C=O) groups is 11. The zero-order chi connectivity index (χ0) is 60.3. The molecule has 0 saturated heterocycles. The van der Waals surface area contributed by atoms with E-state index in [1.165, 1.54) is 12.5 Å². The van der Waals surface area contributed by atoms with Crippen molar-refractivity contribution in [1.29, 1.82) is 0 Å². The molecule has 11 atom stereocenters. The molecule has 0 radical (unpaired) electrons. The SMILES string of the molecule is CC(C)C[C@H](NC(=O)[C@H](CO)NC(=O)[C@@H](NC(=O)[C@H](CCCN=C(N)N)NC(=O)[C@H](Cc1cnc[nH]1)NC(=O)[C@H](CO)NC(=O)[C@H](CCC(=O)O)NC(=O)[C@@H](N)CO)[C@@H](C)O)C(=O)N[C@@H](CC(C)C)C(=O)N[C@H](C(=O)O)C(C)C. The van der Waals surface area contributed by atoms with Gasteiger partial charge in [-0.15, -0.1) is 0 Å². The molecule has 32 nitrogen and oxygen atoms in total. The number of aliphatic hydroxyl groups excluding tert-OH is 4. The summed E-state index contributed by atoms with van der Waals surface area (Å²) in [5.41, 5.74) is 16.7. The van der Waals surface area contributed by atoms with Crippen molar-refractivity contribution in [3.8, 4) is 0 Å². The van der Waals surface area contributed by atoms with Gasteiger partial charge < -0.3 is 101 Å². The fourth-order valence-corrected chi connectivity index (χ4v) is 7.34. The molecule has 1 heterocycles. The number of hydrogen-bond donors (Lipinski definition) is 19. The highest BCUT2D eigenvalue weighted by molar-refractivity contribution is 5.99. The van der Waals surface area contributed by atoms with Crippen LogP contribution in [-0.4, -0.2) is 205 Å². The molecule has 1 rings (SSSR count). The van der Waals surface area contributed by atoms with Gasteiger partial charge in [-0.1, -0.05) is 41.5 Å². The van der Waals surface area contributed by atoms with Crippen LogP contribution in [0.2, 0.25) is 0 Å². The number of guanidine groups is 1. The van der Waals surface area contributed by atoms with Gasteiger partial charge in [-0.25, -0.2) is 9.78 Å². The first-order valence-corrected chi connectivity index (χ1v) is 25.4. The number of aliphatic imine (C=N–C) groups is 1. The lowest BCUT2D eigenvalue weighted by atomic mass is 9.98. The lowest BCUT2D eigenvalue weighted by molar-refractivity contribution is -0.143. The summed E-state index contributed by atoms with van der Waals surface area (Å²) in [4.78, 5) is 156. The quantitative estimate of drug-likeness (QED) is 0.0167. The van der Waals surface area contributed by atoms with Gasteiger partial charge >= 0.3 is 11.9 Å². The molecule has 0 aromatic carbocycles. The number of nitrogens with zero attached hydrogens (tertiary/aromatic N) is 2. The molecule has 79 heavy (non-hydrogen) atoms. The molecule has 22 N–H and O–H groups in total. The molecule has 0 bridgehead atoms. The highest BCUT2D eigenvalue weighted by Gasteiger charge is 2.37. The highest BCUT2D eigenvalue weighted by Crippen LogP contribution is 2.12. The summed E-state index contributed by atoms with van der Waals surface area (Å²) in [6.07, 6.45) is -0.962. The van der Waals surface area contributed by atoms with E-state index < -0.39 is 170 Å². The van der Waals surface area contributed by atoms with Crippen molar-refractivity contribution in [1.82, 2.24) is 57.8 Å². The molecule has 32 heteroatoms. The third-order valence-electron chi connectivity index (χ3n) is 11.6. The fraction of sp³-hybridized carbons (Fsp3) is 0.681. The number of rotatable bonds is 37. The van der Waals surface area contributed by atoms with Crippen molar-refractivity contribution in [3.05, 3.63) is 18.2 Å². The number of amides is 9. The molecule has 0 fully saturated rings. The Morgan fingerprint density at radius 3 is 1.42 bits per heavy atom. The second-order valence-corrected chi connectivity index (χ2v) is 19.8. The number of aliphatic carboxylic acids is 2. The maximum Gasteiger partial charge on any atom is 0.326 e. The van der Waals surface area contributed by atoms with Gasteiger partial charge in [-0.05, 0) is 56.8 Å². The molecule has 446 valence electrons. The summed E-state index contributed by atoms with van der Waals surface area (Å²) in [6, 6.07) is -15.9. The number of carboxylic acids is 2. The Morgan fingerprint density at radius 2 is 0.975 bits per heavy atom. The maximum atomic E-state index is 14.1. The standard InChI is InChI=1S/C47H81N15O17/c1-21(2)13-29(40(72)56-30(14-22(3)4)42(74)61-35(23(5)6)46(78)79)57-44(76)33(19-65)60-45(77)36(24(7)66)62-39(71)27(9-8-12-52-47(49)50)55-41(73)31(15-25-16-51-20-53-25)58-43(75)32(18-64)59-38(70)28(10-11-34(67)68)54-37(69)26(48)17-63/h16,20-24,26-33,35-36,63-66H,8-15,17-19,48H2,1-7H3,(H,51,53)(H,54,69)(H,55,73)(H,56,72)(H,57,76)(H,58,75)(H,59,70)(H,60,77)(H,61,74)(H,62,71)(H,67,68)(H,78,79)(H4,49,50,52)/t24-,26+,27+,28+,29+,30+,31+,32+,33+,35+,36+/m1/s1. The fourth-order valence-electron chi connectivity index (χ4n) is 7.34. The second-order valence-electron chi connectivity index (χ2n) is 19.8. The van der Waals surface area contributed by atoms with Crippen molar-refractivity contribution < 1.29 is 83.4 Å². The van der Waals surface area contributed by atoms with Gasteiger partial charge in [-0.3, -0.25) is 52.9 Å². The van der Waals surface area contributed by atoms with Crippen LogP contribution in [-0.2, 0) is 59.2 Å². The van der Waals surface area contributed by atoms with Crippen LogP contribution in [0.3, 0.4) is 0 Å². The second kappa shape index (κ2) is 35.1. The monoisotopic (exact) mass is 1130 g/mol. The van der Waals surface area contributed by atoms with Crippen molar-refractivity contribution in [2.24, 2.45) is 39.9 Å². The number of imidazole rings is 1. The van der Waals surface area contributed by atoms with E-state index in [-0.39, 0.29) is 62.1 Å². The van der Waals surface area contributed by atoms with Crippen molar-refractivity contribution in [2.45, 2.75) is 160 Å². The smallest absolute Gasteiger partial charge is 0.326 e. The van der Waals surface area contributed by atoms with E-state index >= 15 is 0 Å². The molecule has 1 aromatic rings. The van der Waals surface area contributed by atoms with Crippen LogP contribution >= 0.6 is 0 Å². The van der Waals surface area contributed by atoms with E-state index in [9.17, 15) is 83.4 Å². The summed E-state index contributed by atoms with van der Waals surface area (Å²) in [6.45, 7) is 8.14. The minimum absolute atomic E-state index is 0.0115. The Morgan fingerprint density at radius 1 is 0.557 bits per heavy atom. The largest absolute Gasteiger partial charge is 0.481 e. The van der Waals surface area contributed by atoms with Crippen LogP contribution in [0.1, 0.15) is 92.7 Å². The number of aromatic nitrogens is 2. The molecule has 0 aliphatic rings. The van der Waals surface area contributed by atoms with E-state index in [0.717, 1.165) is 6.92 Å². The first-order chi connectivity index (χ1) is 36.9. The normalized spacial score (nSPS) is 15.4. The predicted octanol–water partition coefficient (Wildman–Crippen LogP) is -7.25. The van der Waals surface area contributed by atoms with Crippen LogP contribution < -0.4 is 65.1 Å². The number of carboxylic acid groups (broad SMARTS) is 2. The first kappa shape index (κ1) is 69.5. The Hall–Kier alpha value is -7.55. The predicted molar refractivity (Wildman–Crippen MR) is 279 cm³/mol.